The van der Waals surface area contributed by atoms with Crippen molar-refractivity contribution in [3.63, 3.8) is 0 Å². The lowest BCUT2D eigenvalue weighted by Crippen LogP contribution is -2.45. The van der Waals surface area contributed by atoms with Crippen molar-refractivity contribution in [2.75, 3.05) is 5.32 Å². The molecule has 2 amide bonds. The molecule has 2 heterocycles. The van der Waals surface area contributed by atoms with Gasteiger partial charge in [-0.1, -0.05) is 61.9 Å². The zero-order valence-corrected chi connectivity index (χ0v) is 21.5. The molecule has 3 aromatic carbocycles. The van der Waals surface area contributed by atoms with Gasteiger partial charge >= 0.3 is 6.03 Å². The Hall–Kier alpha value is -4.07. The standard InChI is InChI=1S/C30H30F2N4O2/c1-3-9-21-12-7-8-13-25(21)34-30(38)36(19(2)16-20-10-5-4-6-11-20)27-14-15-35-28(27)33-26-18-24(32)23(31)17-22(26)29(35)37/h4-8,10-13,17-19,27H,3,9,14-16H2,1-2H3,(H,34,38). The maximum absolute atomic E-state index is 14.0. The summed E-state index contributed by atoms with van der Waals surface area (Å²) in [5, 5.41) is 3.12. The maximum atomic E-state index is 14.0. The van der Waals surface area contributed by atoms with E-state index in [4.69, 9.17) is 0 Å². The predicted octanol–water partition coefficient (Wildman–Crippen LogP) is 6.24. The molecule has 1 aromatic heterocycles. The van der Waals surface area contributed by atoms with Crippen LogP contribution in [0, 0.1) is 11.6 Å². The van der Waals surface area contributed by atoms with Crippen molar-refractivity contribution < 1.29 is 13.6 Å². The summed E-state index contributed by atoms with van der Waals surface area (Å²) in [6.07, 6.45) is 2.83. The van der Waals surface area contributed by atoms with E-state index >= 15 is 0 Å². The number of anilines is 1. The van der Waals surface area contributed by atoms with E-state index in [2.05, 4.69) is 17.2 Å². The first-order valence-corrected chi connectivity index (χ1v) is 13.0. The number of benzene rings is 3. The Morgan fingerprint density at radius 2 is 1.82 bits per heavy atom. The molecule has 2 atom stereocenters. The maximum Gasteiger partial charge on any atom is 0.322 e. The van der Waals surface area contributed by atoms with Gasteiger partial charge in [0.1, 0.15) is 5.82 Å². The van der Waals surface area contributed by atoms with Crippen molar-refractivity contribution in [1.82, 2.24) is 14.5 Å². The fourth-order valence-electron chi connectivity index (χ4n) is 5.36. The van der Waals surface area contributed by atoms with Crippen LogP contribution in [0.5, 0.6) is 0 Å². The lowest BCUT2D eigenvalue weighted by atomic mass is 10.0. The van der Waals surface area contributed by atoms with E-state index < -0.39 is 23.2 Å². The van der Waals surface area contributed by atoms with E-state index in [-0.39, 0.29) is 23.0 Å². The first-order chi connectivity index (χ1) is 18.4. The van der Waals surface area contributed by atoms with Gasteiger partial charge in [-0.15, -0.1) is 0 Å². The average Bonchev–Trinajstić information content (AvgIpc) is 3.31. The normalized spacial score (nSPS) is 15.3. The van der Waals surface area contributed by atoms with E-state index in [9.17, 15) is 18.4 Å². The van der Waals surface area contributed by atoms with Crippen LogP contribution in [0.25, 0.3) is 10.9 Å². The topological polar surface area (TPSA) is 67.2 Å². The van der Waals surface area contributed by atoms with Gasteiger partial charge in [-0.25, -0.2) is 18.6 Å². The smallest absolute Gasteiger partial charge is 0.311 e. The van der Waals surface area contributed by atoms with Gasteiger partial charge in [0.2, 0.25) is 0 Å². The SMILES string of the molecule is CCCc1ccccc1NC(=O)N(C(C)Cc1ccccc1)C1CCn2c1nc1cc(F)c(F)cc1c2=O. The molecule has 6 nitrogen and oxygen atoms in total. The molecule has 4 aromatic rings. The molecular formula is C30H30F2N4O2. The van der Waals surface area contributed by atoms with Gasteiger partial charge in [-0.05, 0) is 49.4 Å². The lowest BCUT2D eigenvalue weighted by molar-refractivity contribution is 0.158. The zero-order valence-electron chi connectivity index (χ0n) is 21.5. The van der Waals surface area contributed by atoms with Gasteiger partial charge in [0, 0.05) is 24.3 Å². The number of aryl methyl sites for hydroxylation is 1. The van der Waals surface area contributed by atoms with Crippen LogP contribution in [-0.4, -0.2) is 26.5 Å². The number of para-hydroxylation sites is 1. The Morgan fingerprint density at radius 3 is 2.58 bits per heavy atom. The number of aromatic nitrogens is 2. The van der Waals surface area contributed by atoms with Crippen LogP contribution in [0.4, 0.5) is 19.3 Å². The largest absolute Gasteiger partial charge is 0.322 e. The van der Waals surface area contributed by atoms with E-state index in [1.807, 2.05) is 61.5 Å². The number of urea groups is 1. The number of rotatable bonds is 7. The molecule has 0 aliphatic carbocycles. The Kier molecular flexibility index (Phi) is 7.22. The van der Waals surface area contributed by atoms with Crippen LogP contribution in [0.1, 0.15) is 49.7 Å². The van der Waals surface area contributed by atoms with Crippen molar-refractivity contribution >= 4 is 22.6 Å². The molecule has 0 saturated heterocycles. The molecule has 0 saturated carbocycles. The van der Waals surface area contributed by atoms with Crippen LogP contribution in [0.3, 0.4) is 0 Å². The van der Waals surface area contributed by atoms with Crippen LogP contribution in [-0.2, 0) is 19.4 Å². The number of nitrogens with one attached hydrogen (secondary N) is 1. The summed E-state index contributed by atoms with van der Waals surface area (Å²) in [4.78, 5) is 33.5. The first kappa shape index (κ1) is 25.6. The molecular weight excluding hydrogens is 486 g/mol. The second-order valence-corrected chi connectivity index (χ2v) is 9.80. The van der Waals surface area contributed by atoms with Crippen LogP contribution in [0.2, 0.25) is 0 Å². The van der Waals surface area contributed by atoms with Crippen molar-refractivity contribution in [3.8, 4) is 0 Å². The number of halogens is 2. The highest BCUT2D eigenvalue weighted by molar-refractivity contribution is 5.91. The summed E-state index contributed by atoms with van der Waals surface area (Å²) < 4.78 is 29.4. The molecule has 0 bridgehead atoms. The van der Waals surface area contributed by atoms with Crippen LogP contribution >= 0.6 is 0 Å². The van der Waals surface area contributed by atoms with Gasteiger partial charge in [0.15, 0.2) is 11.6 Å². The first-order valence-electron chi connectivity index (χ1n) is 13.0. The summed E-state index contributed by atoms with van der Waals surface area (Å²) >= 11 is 0. The molecule has 5 rings (SSSR count). The third-order valence-electron chi connectivity index (χ3n) is 7.15. The molecule has 1 aliphatic heterocycles. The molecule has 0 fully saturated rings. The van der Waals surface area contributed by atoms with Crippen LogP contribution in [0.15, 0.2) is 71.5 Å². The monoisotopic (exact) mass is 516 g/mol. The number of hydrogen-bond donors (Lipinski definition) is 1. The Labute approximate surface area is 219 Å². The minimum atomic E-state index is -1.09. The molecule has 1 N–H and O–H groups in total. The highest BCUT2D eigenvalue weighted by Gasteiger charge is 2.37. The number of hydrogen-bond acceptors (Lipinski definition) is 3. The Bertz CT molecular complexity index is 1540. The number of amides is 2. The second kappa shape index (κ2) is 10.7. The van der Waals surface area contributed by atoms with Gasteiger partial charge in [0.05, 0.1) is 16.9 Å². The van der Waals surface area contributed by atoms with E-state index in [0.717, 1.165) is 41.8 Å². The highest BCUT2D eigenvalue weighted by Crippen LogP contribution is 2.33. The lowest BCUT2D eigenvalue weighted by Gasteiger charge is -2.34. The van der Waals surface area contributed by atoms with Crippen molar-refractivity contribution in [2.45, 2.75) is 58.2 Å². The van der Waals surface area contributed by atoms with Gasteiger partial charge < -0.3 is 10.2 Å². The van der Waals surface area contributed by atoms with Gasteiger partial charge in [-0.3, -0.25) is 9.36 Å². The summed E-state index contributed by atoms with van der Waals surface area (Å²) in [5.74, 6) is -1.77. The minimum absolute atomic E-state index is 0.0233. The Morgan fingerprint density at radius 1 is 1.11 bits per heavy atom. The molecule has 8 heteroatoms. The van der Waals surface area contributed by atoms with Crippen molar-refractivity contribution in [3.05, 3.63) is 106 Å². The summed E-state index contributed by atoms with van der Waals surface area (Å²) in [6.45, 7) is 4.39. The summed E-state index contributed by atoms with van der Waals surface area (Å²) in [5.41, 5.74) is 2.51. The third kappa shape index (κ3) is 4.90. The fourth-order valence-corrected chi connectivity index (χ4v) is 5.36. The molecule has 0 radical (unpaired) electrons. The molecule has 2 unspecified atom stereocenters. The fraction of sp³-hybridized carbons (Fsp3) is 0.300. The second-order valence-electron chi connectivity index (χ2n) is 9.80. The molecule has 196 valence electrons. The van der Waals surface area contributed by atoms with E-state index in [1.165, 1.54) is 4.57 Å². The molecule has 0 spiro atoms. The molecule has 38 heavy (non-hydrogen) atoms. The molecule has 1 aliphatic rings. The summed E-state index contributed by atoms with van der Waals surface area (Å²) in [6, 6.07) is 18.4. The van der Waals surface area contributed by atoms with Crippen molar-refractivity contribution in [2.24, 2.45) is 0 Å². The number of fused-ring (bicyclic) bond motifs is 2. The number of carbonyl (C=O) groups is 1. The highest BCUT2D eigenvalue weighted by atomic mass is 19.2. The average molecular weight is 517 g/mol. The minimum Gasteiger partial charge on any atom is -0.311 e. The quantitative estimate of drug-likeness (QED) is 0.316. The third-order valence-corrected chi connectivity index (χ3v) is 7.15. The van der Waals surface area contributed by atoms with Crippen LogP contribution < -0.4 is 10.9 Å². The summed E-state index contributed by atoms with van der Waals surface area (Å²) in [7, 11) is 0. The van der Waals surface area contributed by atoms with Gasteiger partial charge in [0.25, 0.3) is 5.56 Å². The van der Waals surface area contributed by atoms with Gasteiger partial charge in [-0.2, -0.15) is 0 Å². The number of nitrogens with zero attached hydrogens (tertiary/aromatic N) is 3. The number of carbonyl (C=O) groups excluding carboxylic acids is 1. The predicted molar refractivity (Wildman–Crippen MR) is 144 cm³/mol. The van der Waals surface area contributed by atoms with Crippen molar-refractivity contribution in [1.29, 1.82) is 0 Å². The Balaban J connectivity index is 1.56. The van der Waals surface area contributed by atoms with E-state index in [1.54, 1.807) is 4.90 Å². The zero-order chi connectivity index (χ0) is 26.8. The van der Waals surface area contributed by atoms with E-state index in [0.29, 0.717) is 25.2 Å².